The highest BCUT2D eigenvalue weighted by Crippen LogP contribution is 2.40. The van der Waals surface area contributed by atoms with Crippen molar-refractivity contribution < 1.29 is 72.8 Å². The minimum absolute atomic E-state index is 0.122. The Kier molecular flexibility index (Phi) is 7.68. The lowest BCUT2D eigenvalue weighted by Crippen LogP contribution is -2.54. The lowest BCUT2D eigenvalue weighted by atomic mass is 10.0. The lowest BCUT2D eigenvalue weighted by molar-refractivity contribution is -0.224. The molecule has 0 bridgehead atoms. The van der Waals surface area contributed by atoms with Crippen LogP contribution in [-0.4, -0.2) is 70.9 Å². The van der Waals surface area contributed by atoms with Gasteiger partial charge in [0.1, 0.15) is 18.8 Å². The van der Waals surface area contributed by atoms with Crippen molar-refractivity contribution in [1.29, 1.82) is 5.26 Å². The summed E-state index contributed by atoms with van der Waals surface area (Å²) in [7, 11) is 0. The number of alkyl halides is 9. The van der Waals surface area contributed by atoms with Crippen molar-refractivity contribution in [2.24, 2.45) is 0 Å². The van der Waals surface area contributed by atoms with Crippen LogP contribution in [0.5, 0.6) is 0 Å². The monoisotopic (exact) mass is 557 g/mol. The SMILES string of the molecule is N#C[C@@]1(n2ccc(=O)[nH]c2=O)O[C@H](COC(=O)C(F)(F)F)C(OC(=O)C(F)(F)F)C1OC(=O)C(F)(F)F. The molecule has 21 heteroatoms. The third-order valence-corrected chi connectivity index (χ3v) is 4.27. The van der Waals surface area contributed by atoms with Crippen molar-refractivity contribution in [3.63, 3.8) is 0 Å². The van der Waals surface area contributed by atoms with Gasteiger partial charge in [-0.15, -0.1) is 0 Å². The first kappa shape index (κ1) is 29.1. The first-order valence-electron chi connectivity index (χ1n) is 8.95. The minimum atomic E-state index is -5.92. The molecule has 2 unspecified atom stereocenters. The van der Waals surface area contributed by atoms with Crippen molar-refractivity contribution >= 4 is 17.9 Å². The Labute approximate surface area is 195 Å². The highest BCUT2D eigenvalue weighted by molar-refractivity contribution is 5.77. The standard InChI is InChI=1S/C16H8F9N3O9/c17-14(18,19)9(30)34-3-5-7(35-10(31)15(20,21)22)8(36-11(32)16(23,24)25)13(4-26,37-5)28-2-1-6(29)27-12(28)33/h1-2,5,7-8H,3H2,(H,27,29,33)/t5-,7?,8?,13-/m1/s1. The average molecular weight is 557 g/mol. The molecule has 4 atom stereocenters. The van der Waals surface area contributed by atoms with Crippen LogP contribution in [0.1, 0.15) is 0 Å². The van der Waals surface area contributed by atoms with Crippen molar-refractivity contribution in [2.75, 3.05) is 6.61 Å². The molecule has 1 aromatic heterocycles. The van der Waals surface area contributed by atoms with E-state index in [9.17, 15) is 68.7 Å². The van der Waals surface area contributed by atoms with E-state index in [1.807, 2.05) is 0 Å². The molecule has 2 rings (SSSR count). The predicted octanol–water partition coefficient (Wildman–Crippen LogP) is 0.165. The molecular formula is C16H8F9N3O9. The van der Waals surface area contributed by atoms with Gasteiger partial charge in [0.15, 0.2) is 6.10 Å². The van der Waals surface area contributed by atoms with Crippen LogP contribution in [0.15, 0.2) is 21.9 Å². The molecule has 0 aromatic carbocycles. The smallest absolute Gasteiger partial charge is 0.456 e. The summed E-state index contributed by atoms with van der Waals surface area (Å²) in [6.07, 6.45) is -26.1. The quantitative estimate of drug-likeness (QED) is 0.300. The van der Waals surface area contributed by atoms with E-state index in [4.69, 9.17) is 4.74 Å². The maximum atomic E-state index is 12.9. The summed E-state index contributed by atoms with van der Waals surface area (Å²) < 4.78 is 131. The van der Waals surface area contributed by atoms with Gasteiger partial charge in [0.2, 0.25) is 6.10 Å². The van der Waals surface area contributed by atoms with E-state index in [1.54, 1.807) is 0 Å². The van der Waals surface area contributed by atoms with E-state index in [2.05, 4.69) is 14.2 Å². The summed E-state index contributed by atoms with van der Waals surface area (Å²) in [4.78, 5) is 58.9. The van der Waals surface area contributed by atoms with Crippen molar-refractivity contribution in [1.82, 2.24) is 9.55 Å². The zero-order valence-electron chi connectivity index (χ0n) is 17.1. The molecule has 1 N–H and O–H groups in total. The van der Waals surface area contributed by atoms with Gasteiger partial charge in [0, 0.05) is 12.3 Å². The summed E-state index contributed by atoms with van der Waals surface area (Å²) in [6, 6.07) is 1.42. The number of nitriles is 1. The maximum absolute atomic E-state index is 12.9. The summed E-state index contributed by atoms with van der Waals surface area (Å²) in [5.74, 6) is -9.46. The topological polar surface area (TPSA) is 167 Å². The largest absolute Gasteiger partial charge is 0.490 e. The van der Waals surface area contributed by atoms with Gasteiger partial charge in [0.05, 0.1) is 0 Å². The zero-order valence-corrected chi connectivity index (χ0v) is 17.1. The van der Waals surface area contributed by atoms with Gasteiger partial charge in [-0.1, -0.05) is 0 Å². The molecule has 0 saturated carbocycles. The highest BCUT2D eigenvalue weighted by atomic mass is 19.4. The molecule has 1 aliphatic heterocycles. The number of carbonyl (C=O) groups is 3. The number of nitrogens with zero attached hydrogens (tertiary/aromatic N) is 2. The summed E-state index contributed by atoms with van der Waals surface area (Å²) in [5, 5.41) is 9.64. The van der Waals surface area contributed by atoms with Crippen LogP contribution < -0.4 is 11.2 Å². The van der Waals surface area contributed by atoms with Gasteiger partial charge in [-0.3, -0.25) is 14.3 Å². The summed E-state index contributed by atoms with van der Waals surface area (Å²) in [5.41, 5.74) is -6.42. The van der Waals surface area contributed by atoms with E-state index in [1.165, 1.54) is 4.98 Å². The van der Waals surface area contributed by atoms with E-state index >= 15 is 0 Å². The van der Waals surface area contributed by atoms with E-state index in [0.29, 0.717) is 12.3 Å². The molecule has 12 nitrogen and oxygen atoms in total. The molecule has 2 heterocycles. The molecule has 0 aliphatic carbocycles. The number of hydrogen-bond donors (Lipinski definition) is 1. The van der Waals surface area contributed by atoms with E-state index in [-0.39, 0.29) is 4.57 Å². The molecule has 0 radical (unpaired) electrons. The molecule has 1 fully saturated rings. The van der Waals surface area contributed by atoms with Crippen LogP contribution >= 0.6 is 0 Å². The number of esters is 3. The Bertz CT molecular complexity index is 1230. The average Bonchev–Trinajstić information content (AvgIpc) is 3.03. The Hall–Kier alpha value is -4.09. The molecule has 0 spiro atoms. The van der Waals surface area contributed by atoms with Gasteiger partial charge >= 0.3 is 42.1 Å². The summed E-state index contributed by atoms with van der Waals surface area (Å²) in [6.45, 7) is -1.85. The summed E-state index contributed by atoms with van der Waals surface area (Å²) >= 11 is 0. The van der Waals surface area contributed by atoms with Crippen LogP contribution in [0.3, 0.4) is 0 Å². The van der Waals surface area contributed by atoms with Crippen LogP contribution in [0.2, 0.25) is 0 Å². The predicted molar refractivity (Wildman–Crippen MR) is 88.7 cm³/mol. The molecule has 1 aliphatic rings. The van der Waals surface area contributed by atoms with Crippen molar-refractivity contribution in [2.45, 2.75) is 42.6 Å². The third-order valence-electron chi connectivity index (χ3n) is 4.27. The number of rotatable bonds is 5. The zero-order chi connectivity index (χ0) is 28.6. The number of H-pyrrole nitrogens is 1. The van der Waals surface area contributed by atoms with Gasteiger partial charge in [0.25, 0.3) is 11.3 Å². The molecular weight excluding hydrogens is 549 g/mol. The van der Waals surface area contributed by atoms with Crippen LogP contribution in [0.4, 0.5) is 39.5 Å². The first-order valence-corrected chi connectivity index (χ1v) is 8.95. The first-order chi connectivity index (χ1) is 16.7. The Morgan fingerprint density at radius 2 is 1.49 bits per heavy atom. The fraction of sp³-hybridized carbons (Fsp3) is 0.500. The molecule has 37 heavy (non-hydrogen) atoms. The van der Waals surface area contributed by atoms with E-state index < -0.39 is 78.3 Å². The fourth-order valence-corrected chi connectivity index (χ4v) is 2.82. The van der Waals surface area contributed by atoms with E-state index in [0.717, 1.165) is 6.07 Å². The number of halogens is 9. The fourth-order valence-electron chi connectivity index (χ4n) is 2.82. The second kappa shape index (κ2) is 9.75. The Morgan fingerprint density at radius 1 is 0.973 bits per heavy atom. The number of aromatic amines is 1. The number of nitrogens with one attached hydrogen (secondary N) is 1. The lowest BCUT2D eigenvalue weighted by Gasteiger charge is -2.30. The molecule has 0 amide bonds. The highest BCUT2D eigenvalue weighted by Gasteiger charge is 2.65. The second-order valence-electron chi connectivity index (χ2n) is 6.73. The Morgan fingerprint density at radius 3 is 1.95 bits per heavy atom. The van der Waals surface area contributed by atoms with Crippen LogP contribution in [0.25, 0.3) is 0 Å². The third kappa shape index (κ3) is 6.19. The number of carbonyl (C=O) groups excluding carboxylic acids is 3. The number of ether oxygens (including phenoxy) is 4. The van der Waals surface area contributed by atoms with Crippen LogP contribution in [0, 0.1) is 11.3 Å². The maximum Gasteiger partial charge on any atom is 0.490 e. The van der Waals surface area contributed by atoms with Gasteiger partial charge in [-0.05, 0) is 0 Å². The molecule has 1 saturated heterocycles. The van der Waals surface area contributed by atoms with Crippen molar-refractivity contribution in [3.8, 4) is 6.07 Å². The Balaban J connectivity index is 2.71. The molecule has 1 aromatic rings. The second-order valence-corrected chi connectivity index (χ2v) is 6.73. The van der Waals surface area contributed by atoms with Gasteiger partial charge in [-0.2, -0.15) is 44.8 Å². The number of hydrogen-bond acceptors (Lipinski definition) is 10. The normalized spacial score (nSPS) is 24.2. The minimum Gasteiger partial charge on any atom is -0.456 e. The number of aromatic nitrogens is 2. The molecule has 204 valence electrons. The van der Waals surface area contributed by atoms with Gasteiger partial charge < -0.3 is 18.9 Å². The van der Waals surface area contributed by atoms with Crippen molar-refractivity contribution in [3.05, 3.63) is 33.1 Å². The van der Waals surface area contributed by atoms with Crippen LogP contribution in [-0.2, 0) is 39.1 Å². The van der Waals surface area contributed by atoms with Gasteiger partial charge in [-0.25, -0.2) is 19.2 Å².